The van der Waals surface area contributed by atoms with Gasteiger partial charge in [-0.1, -0.05) is 79.3 Å². The molecule has 2 heterocycles. The maximum absolute atomic E-state index is 13.6. The number of hydrogen-bond acceptors (Lipinski definition) is 7. The Morgan fingerprint density at radius 2 is 1.90 bits per heavy atom. The average Bonchev–Trinajstić information content (AvgIpc) is 3.49. The molecular formula is C32H29ClN2O5S. The molecular weight excluding hydrogens is 560 g/mol. The topological polar surface area (TPSA) is 89.0 Å². The van der Waals surface area contributed by atoms with Crippen LogP contribution in [0.15, 0.2) is 84.1 Å². The van der Waals surface area contributed by atoms with Crippen LogP contribution in [0.2, 0.25) is 5.02 Å². The number of aromatic nitrogens is 1. The molecule has 1 aromatic heterocycles. The molecule has 41 heavy (non-hydrogen) atoms. The van der Waals surface area contributed by atoms with Crippen LogP contribution in [0.3, 0.4) is 0 Å². The monoisotopic (exact) mass is 588 g/mol. The van der Waals surface area contributed by atoms with Gasteiger partial charge in [0.05, 0.1) is 35.5 Å². The normalized spacial score (nSPS) is 15.5. The Labute approximate surface area is 247 Å². The summed E-state index contributed by atoms with van der Waals surface area (Å²) < 4.78 is 12.4. The molecule has 3 aromatic carbocycles. The number of amides is 1. The highest BCUT2D eigenvalue weighted by Crippen LogP contribution is 2.45. The third-order valence-corrected chi connectivity index (χ3v) is 7.95. The highest BCUT2D eigenvalue weighted by molar-refractivity contribution is 7.22. The van der Waals surface area contributed by atoms with Crippen molar-refractivity contribution in [1.29, 1.82) is 0 Å². The zero-order valence-corrected chi connectivity index (χ0v) is 24.4. The number of halogens is 1. The standard InChI is InChI=1S/C32H29ClN2O5S/c1-19(2)15-16-40-25-14-10-21(17-26(25)39-3)29-28(24(36)13-9-20-7-5-4-6-8-20)30(37)31(38)35(29)32-34-23-12-11-22(33)18-27(23)41-32/h4-14,17-19,29,37H,15-16H2,1-3H3/b13-9+. The van der Waals surface area contributed by atoms with Gasteiger partial charge in [0.15, 0.2) is 28.2 Å². The Morgan fingerprint density at radius 1 is 1.12 bits per heavy atom. The lowest BCUT2D eigenvalue weighted by Crippen LogP contribution is -2.30. The number of aliphatic hydroxyl groups is 1. The van der Waals surface area contributed by atoms with Gasteiger partial charge in [0.25, 0.3) is 5.91 Å². The minimum absolute atomic E-state index is 0.0463. The second kappa shape index (κ2) is 12.2. The third-order valence-electron chi connectivity index (χ3n) is 6.70. The number of ketones is 1. The Kier molecular flexibility index (Phi) is 8.42. The molecule has 7 nitrogen and oxygen atoms in total. The number of carbonyl (C=O) groups is 2. The van der Waals surface area contributed by atoms with Gasteiger partial charge in [0.2, 0.25) is 0 Å². The Balaban J connectivity index is 1.58. The van der Waals surface area contributed by atoms with E-state index in [2.05, 4.69) is 18.8 Å². The molecule has 210 valence electrons. The fraction of sp³-hybridized carbons (Fsp3) is 0.219. The van der Waals surface area contributed by atoms with Crippen molar-refractivity contribution in [2.75, 3.05) is 18.6 Å². The van der Waals surface area contributed by atoms with E-state index in [4.69, 9.17) is 21.1 Å². The van der Waals surface area contributed by atoms with Crippen molar-refractivity contribution in [3.8, 4) is 11.5 Å². The van der Waals surface area contributed by atoms with Crippen LogP contribution in [-0.4, -0.2) is 35.5 Å². The number of benzene rings is 3. The van der Waals surface area contributed by atoms with E-state index in [1.165, 1.54) is 29.4 Å². The number of hydrogen-bond donors (Lipinski definition) is 1. The number of thiazole rings is 1. The fourth-order valence-corrected chi connectivity index (χ4v) is 5.83. The molecule has 0 bridgehead atoms. The van der Waals surface area contributed by atoms with Gasteiger partial charge < -0.3 is 14.6 Å². The van der Waals surface area contributed by atoms with Gasteiger partial charge in [-0.2, -0.15) is 0 Å². The Bertz CT molecular complexity index is 1660. The van der Waals surface area contributed by atoms with Crippen molar-refractivity contribution < 1.29 is 24.2 Å². The molecule has 0 aliphatic carbocycles. The number of methoxy groups -OCH3 is 1. The number of rotatable bonds is 10. The first-order chi connectivity index (χ1) is 19.8. The van der Waals surface area contributed by atoms with E-state index in [9.17, 15) is 14.7 Å². The van der Waals surface area contributed by atoms with Crippen LogP contribution in [0.1, 0.15) is 37.4 Å². The van der Waals surface area contributed by atoms with Gasteiger partial charge in [-0.3, -0.25) is 14.5 Å². The summed E-state index contributed by atoms with van der Waals surface area (Å²) in [6.07, 6.45) is 3.89. The Morgan fingerprint density at radius 3 is 2.63 bits per heavy atom. The number of carbonyl (C=O) groups excluding carboxylic acids is 2. The summed E-state index contributed by atoms with van der Waals surface area (Å²) in [5.41, 5.74) is 1.97. The number of aliphatic hydroxyl groups excluding tert-OH is 1. The zero-order valence-electron chi connectivity index (χ0n) is 22.8. The van der Waals surface area contributed by atoms with Crippen LogP contribution in [0, 0.1) is 5.92 Å². The summed E-state index contributed by atoms with van der Waals surface area (Å²) in [5, 5.41) is 12.0. The van der Waals surface area contributed by atoms with Crippen molar-refractivity contribution in [2.24, 2.45) is 5.92 Å². The van der Waals surface area contributed by atoms with Crippen LogP contribution in [-0.2, 0) is 9.59 Å². The van der Waals surface area contributed by atoms with Crippen LogP contribution < -0.4 is 14.4 Å². The number of fused-ring (bicyclic) bond motifs is 1. The summed E-state index contributed by atoms with van der Waals surface area (Å²) in [4.78, 5) is 33.2. The number of nitrogens with zero attached hydrogens (tertiary/aromatic N) is 2. The minimum Gasteiger partial charge on any atom is -0.503 e. The zero-order chi connectivity index (χ0) is 29.1. The summed E-state index contributed by atoms with van der Waals surface area (Å²) in [6, 6.07) is 18.9. The maximum Gasteiger partial charge on any atom is 0.296 e. The third kappa shape index (κ3) is 5.99. The average molecular weight is 589 g/mol. The molecule has 1 amide bonds. The molecule has 0 radical (unpaired) electrons. The van der Waals surface area contributed by atoms with E-state index in [-0.39, 0.29) is 5.57 Å². The van der Waals surface area contributed by atoms with Gasteiger partial charge >= 0.3 is 0 Å². The molecule has 0 fully saturated rings. The Hall–Kier alpha value is -4.14. The predicted molar refractivity (Wildman–Crippen MR) is 163 cm³/mol. The fourth-order valence-electron chi connectivity index (χ4n) is 4.56. The van der Waals surface area contributed by atoms with Crippen LogP contribution in [0.25, 0.3) is 16.3 Å². The first-order valence-electron chi connectivity index (χ1n) is 13.2. The molecule has 4 aromatic rings. The summed E-state index contributed by atoms with van der Waals surface area (Å²) >= 11 is 7.44. The lowest BCUT2D eigenvalue weighted by atomic mass is 9.95. The number of anilines is 1. The second-order valence-corrected chi connectivity index (χ2v) is 11.4. The number of allylic oxidation sites excluding steroid dienone is 1. The van der Waals surface area contributed by atoms with Crippen molar-refractivity contribution in [3.63, 3.8) is 0 Å². The van der Waals surface area contributed by atoms with Gasteiger partial charge in [-0.15, -0.1) is 0 Å². The molecule has 1 N–H and O–H groups in total. The molecule has 5 rings (SSSR count). The first-order valence-corrected chi connectivity index (χ1v) is 14.4. The lowest BCUT2D eigenvalue weighted by Gasteiger charge is -2.25. The number of ether oxygens (including phenoxy) is 2. The maximum atomic E-state index is 13.6. The largest absolute Gasteiger partial charge is 0.503 e. The van der Waals surface area contributed by atoms with E-state index in [1.54, 1.807) is 42.5 Å². The summed E-state index contributed by atoms with van der Waals surface area (Å²) in [6.45, 7) is 4.76. The summed E-state index contributed by atoms with van der Waals surface area (Å²) in [5.74, 6) is -0.348. The first kappa shape index (κ1) is 28.4. The van der Waals surface area contributed by atoms with Crippen molar-refractivity contribution >= 4 is 56.1 Å². The molecule has 0 saturated heterocycles. The molecule has 1 unspecified atom stereocenters. The highest BCUT2D eigenvalue weighted by atomic mass is 35.5. The van der Waals surface area contributed by atoms with Crippen LogP contribution in [0.5, 0.6) is 11.5 Å². The van der Waals surface area contributed by atoms with Crippen LogP contribution in [0.4, 0.5) is 5.13 Å². The SMILES string of the molecule is COc1cc(C2C(C(=O)/C=C/c3ccccc3)=C(O)C(=O)N2c2nc3ccc(Cl)cc3s2)ccc1OCCC(C)C. The minimum atomic E-state index is -0.954. The van der Waals surface area contributed by atoms with Gasteiger partial charge in [-0.05, 0) is 59.9 Å². The highest BCUT2D eigenvalue weighted by Gasteiger charge is 2.45. The smallest absolute Gasteiger partial charge is 0.296 e. The van der Waals surface area contributed by atoms with Crippen molar-refractivity contribution in [1.82, 2.24) is 4.98 Å². The van der Waals surface area contributed by atoms with E-state index in [1.807, 2.05) is 30.3 Å². The molecule has 9 heteroatoms. The van der Waals surface area contributed by atoms with Gasteiger partial charge in [0, 0.05) is 5.02 Å². The van der Waals surface area contributed by atoms with Crippen molar-refractivity contribution in [3.05, 3.63) is 100 Å². The quantitative estimate of drug-likeness (QED) is 0.192. The molecule has 0 spiro atoms. The van der Waals surface area contributed by atoms with E-state index in [0.29, 0.717) is 45.3 Å². The molecule has 1 atom stereocenters. The van der Waals surface area contributed by atoms with Gasteiger partial charge in [-0.25, -0.2) is 4.98 Å². The van der Waals surface area contributed by atoms with E-state index in [0.717, 1.165) is 16.7 Å². The molecule has 1 aliphatic heterocycles. The summed E-state index contributed by atoms with van der Waals surface area (Å²) in [7, 11) is 1.53. The van der Waals surface area contributed by atoms with Crippen molar-refractivity contribution in [2.45, 2.75) is 26.3 Å². The molecule has 0 saturated carbocycles. The molecule has 1 aliphatic rings. The second-order valence-electron chi connectivity index (χ2n) is 10.00. The van der Waals surface area contributed by atoms with E-state index >= 15 is 0 Å². The lowest BCUT2D eigenvalue weighted by molar-refractivity contribution is -0.117. The van der Waals surface area contributed by atoms with E-state index < -0.39 is 23.5 Å². The van der Waals surface area contributed by atoms with Gasteiger partial charge in [0.1, 0.15) is 0 Å². The predicted octanol–water partition coefficient (Wildman–Crippen LogP) is 7.57. The van der Waals surface area contributed by atoms with Crippen LogP contribution >= 0.6 is 22.9 Å².